The zero-order valence-corrected chi connectivity index (χ0v) is 10.6. The quantitative estimate of drug-likeness (QED) is 0.590. The van der Waals surface area contributed by atoms with E-state index in [1.165, 1.54) is 33.6 Å². The Morgan fingerprint density at radius 3 is 1.90 bits per heavy atom. The molecule has 1 aromatic carbocycles. The molecule has 0 saturated carbocycles. The molecule has 0 fully saturated rings. The molecule has 1 aromatic heterocycles. The Labute approximate surface area is 112 Å². The van der Waals surface area contributed by atoms with E-state index < -0.39 is 16.3 Å². The van der Waals surface area contributed by atoms with Gasteiger partial charge in [-0.05, 0) is 25.0 Å². The maximum Gasteiger partial charge on any atom is 0.351 e. The van der Waals surface area contributed by atoms with E-state index in [1.54, 1.807) is 0 Å². The Bertz CT molecular complexity index is 744. The molecule has 0 spiro atoms. The number of hydrogen-bond acceptors (Lipinski definition) is 4. The van der Waals surface area contributed by atoms with Crippen molar-refractivity contribution in [2.75, 3.05) is 0 Å². The van der Waals surface area contributed by atoms with Gasteiger partial charge in [0.05, 0.1) is 10.6 Å². The van der Waals surface area contributed by atoms with Gasteiger partial charge in [0.1, 0.15) is 0 Å². The van der Waals surface area contributed by atoms with Crippen LogP contribution in [0.2, 0.25) is 0 Å². The van der Waals surface area contributed by atoms with Crippen LogP contribution in [0.15, 0.2) is 33.9 Å². The van der Waals surface area contributed by atoms with Gasteiger partial charge in [-0.25, -0.2) is 23.5 Å². The third-order valence-electron chi connectivity index (χ3n) is 3.42. The van der Waals surface area contributed by atoms with Crippen LogP contribution in [0.3, 0.4) is 0 Å². The molecule has 0 bridgehead atoms. The first-order valence-electron chi connectivity index (χ1n) is 6.27. The summed E-state index contributed by atoms with van der Waals surface area (Å²) in [6.07, 6.45) is 1.73. The first-order chi connectivity index (χ1) is 9.59. The van der Waals surface area contributed by atoms with Crippen molar-refractivity contribution in [3.63, 3.8) is 0 Å². The van der Waals surface area contributed by atoms with Gasteiger partial charge >= 0.3 is 11.4 Å². The van der Waals surface area contributed by atoms with Crippen LogP contribution < -0.4 is 11.4 Å². The van der Waals surface area contributed by atoms with Crippen LogP contribution in [0, 0.1) is 10.1 Å². The lowest BCUT2D eigenvalue weighted by molar-refractivity contribution is -0.384. The summed E-state index contributed by atoms with van der Waals surface area (Å²) in [5.41, 5.74) is -0.530. The molecule has 8 heteroatoms. The lowest BCUT2D eigenvalue weighted by Crippen LogP contribution is -2.30. The van der Waals surface area contributed by atoms with E-state index in [0.717, 1.165) is 17.4 Å². The molecule has 0 N–H and O–H groups in total. The molecule has 2 heterocycles. The topological polar surface area (TPSA) is 92.1 Å². The first-order valence-corrected chi connectivity index (χ1v) is 6.27. The summed E-state index contributed by atoms with van der Waals surface area (Å²) in [6, 6.07) is 5.38. The number of fused-ring (bicyclic) bond motifs is 1. The summed E-state index contributed by atoms with van der Waals surface area (Å²) in [7, 11) is 0. The Morgan fingerprint density at radius 2 is 1.45 bits per heavy atom. The second-order valence-corrected chi connectivity index (χ2v) is 4.63. The summed E-state index contributed by atoms with van der Waals surface area (Å²) in [5, 5.41) is 10.6. The van der Waals surface area contributed by atoms with Gasteiger partial charge in [-0.1, -0.05) is 0 Å². The highest BCUT2D eigenvalue weighted by atomic mass is 16.6. The molecule has 8 nitrogen and oxygen atoms in total. The van der Waals surface area contributed by atoms with Crippen molar-refractivity contribution >= 4 is 5.69 Å². The molecule has 1 aliphatic rings. The van der Waals surface area contributed by atoms with Gasteiger partial charge in [0.2, 0.25) is 0 Å². The third-order valence-corrected chi connectivity index (χ3v) is 3.42. The molecule has 20 heavy (non-hydrogen) atoms. The number of aromatic nitrogens is 3. The van der Waals surface area contributed by atoms with Gasteiger partial charge in [0.25, 0.3) is 5.69 Å². The molecule has 3 rings (SSSR count). The van der Waals surface area contributed by atoms with E-state index in [-0.39, 0.29) is 5.69 Å². The molecule has 0 atom stereocenters. The van der Waals surface area contributed by atoms with E-state index >= 15 is 0 Å². The van der Waals surface area contributed by atoms with E-state index in [4.69, 9.17) is 0 Å². The Balaban J connectivity index is 2.15. The second kappa shape index (κ2) is 4.48. The summed E-state index contributed by atoms with van der Waals surface area (Å²) in [6.45, 7) is 1.04. The molecular formula is C12H12N4O4. The van der Waals surface area contributed by atoms with E-state index in [9.17, 15) is 19.7 Å². The predicted molar refractivity (Wildman–Crippen MR) is 70.2 cm³/mol. The number of rotatable bonds is 2. The average Bonchev–Trinajstić information content (AvgIpc) is 2.72. The predicted octanol–water partition coefficient (Wildman–Crippen LogP) is 0.503. The lowest BCUT2D eigenvalue weighted by atomic mass is 10.3. The van der Waals surface area contributed by atoms with Gasteiger partial charge in [-0.15, -0.1) is 0 Å². The standard InChI is InChI=1S/C12H12N4O4/c17-11-13-7-1-2-8-14(13)12(18)15(11)9-3-5-10(6-4-9)16(19)20/h3-6H,1-2,7-8H2. The van der Waals surface area contributed by atoms with Crippen LogP contribution in [0.5, 0.6) is 0 Å². The zero-order chi connectivity index (χ0) is 14.3. The summed E-state index contributed by atoms with van der Waals surface area (Å²) >= 11 is 0. The molecular weight excluding hydrogens is 264 g/mol. The highest BCUT2D eigenvalue weighted by Gasteiger charge is 2.19. The highest BCUT2D eigenvalue weighted by molar-refractivity contribution is 5.40. The van der Waals surface area contributed by atoms with Crippen molar-refractivity contribution in [1.29, 1.82) is 0 Å². The third kappa shape index (κ3) is 1.77. The molecule has 0 radical (unpaired) electrons. The highest BCUT2D eigenvalue weighted by Crippen LogP contribution is 2.13. The average molecular weight is 276 g/mol. The number of nitro groups is 1. The van der Waals surface area contributed by atoms with Crippen LogP contribution in [-0.2, 0) is 13.1 Å². The van der Waals surface area contributed by atoms with Crippen LogP contribution in [0.4, 0.5) is 5.69 Å². The van der Waals surface area contributed by atoms with Crippen molar-refractivity contribution in [1.82, 2.24) is 13.9 Å². The normalized spacial score (nSPS) is 14.0. The van der Waals surface area contributed by atoms with E-state index in [1.807, 2.05) is 0 Å². The molecule has 0 amide bonds. The van der Waals surface area contributed by atoms with Crippen LogP contribution >= 0.6 is 0 Å². The zero-order valence-electron chi connectivity index (χ0n) is 10.6. The van der Waals surface area contributed by atoms with Crippen LogP contribution in [-0.4, -0.2) is 18.9 Å². The van der Waals surface area contributed by atoms with Gasteiger partial charge in [0.15, 0.2) is 0 Å². The van der Waals surface area contributed by atoms with Crippen LogP contribution in [0.1, 0.15) is 12.8 Å². The monoisotopic (exact) mass is 276 g/mol. The smallest absolute Gasteiger partial charge is 0.258 e. The molecule has 0 aliphatic carbocycles. The summed E-state index contributed by atoms with van der Waals surface area (Å²) < 4.78 is 3.90. The molecule has 1 aliphatic heterocycles. The molecule has 104 valence electrons. The number of hydrogen-bond donors (Lipinski definition) is 0. The van der Waals surface area contributed by atoms with Gasteiger partial charge in [-0.2, -0.15) is 0 Å². The minimum Gasteiger partial charge on any atom is -0.258 e. The first kappa shape index (κ1) is 12.4. The molecule has 0 unspecified atom stereocenters. The Kier molecular flexibility index (Phi) is 2.78. The molecule has 0 saturated heterocycles. The number of nitro benzene ring substituents is 1. The Morgan fingerprint density at radius 1 is 0.950 bits per heavy atom. The Hall–Kier alpha value is -2.64. The van der Waals surface area contributed by atoms with Crippen molar-refractivity contribution in [2.24, 2.45) is 0 Å². The maximum absolute atomic E-state index is 12.2. The fourth-order valence-electron chi connectivity index (χ4n) is 2.42. The lowest BCUT2D eigenvalue weighted by Gasteiger charge is -2.13. The number of benzene rings is 1. The fourth-order valence-corrected chi connectivity index (χ4v) is 2.42. The summed E-state index contributed by atoms with van der Waals surface area (Å²) in [5.74, 6) is 0. The largest absolute Gasteiger partial charge is 0.351 e. The molecule has 2 aromatic rings. The van der Waals surface area contributed by atoms with Crippen molar-refractivity contribution in [3.8, 4) is 5.69 Å². The minimum absolute atomic E-state index is 0.0779. The van der Waals surface area contributed by atoms with Crippen molar-refractivity contribution in [3.05, 3.63) is 55.3 Å². The van der Waals surface area contributed by atoms with Gasteiger partial charge in [-0.3, -0.25) is 10.1 Å². The van der Waals surface area contributed by atoms with Gasteiger partial charge < -0.3 is 0 Å². The minimum atomic E-state index is -0.524. The SMILES string of the molecule is O=c1n(-c2ccc([N+](=O)[O-])cc2)c(=O)n2n1CCCC2. The summed E-state index contributed by atoms with van der Waals surface area (Å²) in [4.78, 5) is 34.5. The number of nitrogens with zero attached hydrogens (tertiary/aromatic N) is 4. The second-order valence-electron chi connectivity index (χ2n) is 4.63. The van der Waals surface area contributed by atoms with Crippen LogP contribution in [0.25, 0.3) is 5.69 Å². The van der Waals surface area contributed by atoms with E-state index in [2.05, 4.69) is 0 Å². The van der Waals surface area contributed by atoms with Gasteiger partial charge in [0, 0.05) is 25.2 Å². The van der Waals surface area contributed by atoms with Crippen molar-refractivity contribution in [2.45, 2.75) is 25.9 Å². The van der Waals surface area contributed by atoms with E-state index in [0.29, 0.717) is 18.8 Å². The number of non-ortho nitro benzene ring substituents is 1. The van der Waals surface area contributed by atoms with Crippen molar-refractivity contribution < 1.29 is 4.92 Å². The maximum atomic E-state index is 12.2. The fraction of sp³-hybridized carbons (Fsp3) is 0.333.